The molecule has 0 fully saturated rings. The molecule has 98 valence electrons. The first kappa shape index (κ1) is 12.1. The largest absolute Gasteiger partial charge is 0.377 e. The van der Waals surface area contributed by atoms with Crippen molar-refractivity contribution < 1.29 is 4.39 Å². The van der Waals surface area contributed by atoms with Crippen LogP contribution in [0.1, 0.15) is 11.3 Å². The summed E-state index contributed by atoms with van der Waals surface area (Å²) in [6.07, 6.45) is 3.34. The Labute approximate surface area is 114 Å². The van der Waals surface area contributed by atoms with E-state index in [0.29, 0.717) is 17.8 Å². The summed E-state index contributed by atoms with van der Waals surface area (Å²) >= 11 is 0. The lowest BCUT2D eigenvalue weighted by atomic mass is 10.2. The first-order chi connectivity index (χ1) is 9.78. The van der Waals surface area contributed by atoms with Crippen LogP contribution in [-0.2, 0) is 6.54 Å². The quantitative estimate of drug-likeness (QED) is 0.791. The summed E-state index contributed by atoms with van der Waals surface area (Å²) in [5, 5.41) is 15.8. The van der Waals surface area contributed by atoms with Crippen molar-refractivity contribution in [2.45, 2.75) is 6.54 Å². The number of fused-ring (bicyclic) bond motifs is 1. The van der Waals surface area contributed by atoms with E-state index < -0.39 is 5.82 Å². The van der Waals surface area contributed by atoms with E-state index in [0.717, 1.165) is 11.3 Å². The Morgan fingerprint density at radius 1 is 1.25 bits per heavy atom. The third-order valence-electron chi connectivity index (χ3n) is 2.93. The monoisotopic (exact) mass is 267 g/mol. The van der Waals surface area contributed by atoms with Gasteiger partial charge < -0.3 is 5.32 Å². The number of nitriles is 1. The first-order valence-electron chi connectivity index (χ1n) is 5.99. The van der Waals surface area contributed by atoms with E-state index in [1.807, 2.05) is 12.1 Å². The SMILES string of the molecule is N#Cc1ccc(NCc2ccnc3ccnn23)c(F)c1. The van der Waals surface area contributed by atoms with Gasteiger partial charge >= 0.3 is 0 Å². The maximum Gasteiger partial charge on any atom is 0.155 e. The number of nitrogens with zero attached hydrogens (tertiary/aromatic N) is 4. The fourth-order valence-electron chi connectivity index (χ4n) is 1.93. The molecule has 0 aliphatic heterocycles. The zero-order chi connectivity index (χ0) is 13.9. The maximum atomic E-state index is 13.7. The van der Waals surface area contributed by atoms with Gasteiger partial charge in [-0.25, -0.2) is 13.9 Å². The minimum atomic E-state index is -0.449. The lowest BCUT2D eigenvalue weighted by Crippen LogP contribution is -2.07. The Bertz CT molecular complexity index is 803. The second-order valence-corrected chi connectivity index (χ2v) is 4.20. The topological polar surface area (TPSA) is 66.0 Å². The molecule has 1 N–H and O–H groups in total. The maximum absolute atomic E-state index is 13.7. The molecule has 0 unspecified atom stereocenters. The molecule has 6 heteroatoms. The highest BCUT2D eigenvalue weighted by molar-refractivity contribution is 5.49. The molecule has 0 aliphatic rings. The highest BCUT2D eigenvalue weighted by atomic mass is 19.1. The molecule has 0 aliphatic carbocycles. The Morgan fingerprint density at radius 2 is 2.15 bits per heavy atom. The summed E-state index contributed by atoms with van der Waals surface area (Å²) in [5.74, 6) is -0.449. The van der Waals surface area contributed by atoms with E-state index in [1.165, 1.54) is 6.07 Å². The Balaban J connectivity index is 1.83. The zero-order valence-corrected chi connectivity index (χ0v) is 10.4. The van der Waals surface area contributed by atoms with E-state index in [2.05, 4.69) is 15.4 Å². The molecule has 0 atom stereocenters. The van der Waals surface area contributed by atoms with Gasteiger partial charge in [-0.1, -0.05) is 0 Å². The predicted molar refractivity (Wildman–Crippen MR) is 71.4 cm³/mol. The smallest absolute Gasteiger partial charge is 0.155 e. The van der Waals surface area contributed by atoms with Crippen LogP contribution in [-0.4, -0.2) is 14.6 Å². The molecule has 0 amide bonds. The van der Waals surface area contributed by atoms with Gasteiger partial charge in [0.25, 0.3) is 0 Å². The van der Waals surface area contributed by atoms with Crippen LogP contribution >= 0.6 is 0 Å². The van der Waals surface area contributed by atoms with Crippen molar-refractivity contribution in [2.24, 2.45) is 0 Å². The van der Waals surface area contributed by atoms with Crippen molar-refractivity contribution in [3.63, 3.8) is 0 Å². The summed E-state index contributed by atoms with van der Waals surface area (Å²) in [4.78, 5) is 4.16. The highest BCUT2D eigenvalue weighted by Gasteiger charge is 2.05. The van der Waals surface area contributed by atoms with Crippen LogP contribution in [0.15, 0.2) is 42.7 Å². The van der Waals surface area contributed by atoms with E-state index in [1.54, 1.807) is 35.1 Å². The van der Waals surface area contributed by atoms with E-state index >= 15 is 0 Å². The van der Waals surface area contributed by atoms with Gasteiger partial charge in [0.2, 0.25) is 0 Å². The minimum Gasteiger partial charge on any atom is -0.377 e. The van der Waals surface area contributed by atoms with Gasteiger partial charge in [-0.3, -0.25) is 0 Å². The number of hydrogen-bond acceptors (Lipinski definition) is 4. The third kappa shape index (κ3) is 2.17. The van der Waals surface area contributed by atoms with Crippen LogP contribution in [0.25, 0.3) is 5.65 Å². The summed E-state index contributed by atoms with van der Waals surface area (Å²) in [7, 11) is 0. The number of rotatable bonds is 3. The predicted octanol–water partition coefficient (Wildman–Crippen LogP) is 2.35. The minimum absolute atomic E-state index is 0.298. The third-order valence-corrected chi connectivity index (χ3v) is 2.93. The Morgan fingerprint density at radius 3 is 2.95 bits per heavy atom. The number of hydrogen-bond donors (Lipinski definition) is 1. The van der Waals surface area contributed by atoms with E-state index in [4.69, 9.17) is 5.26 Å². The summed E-state index contributed by atoms with van der Waals surface area (Å²) in [6, 6.07) is 9.84. The van der Waals surface area contributed by atoms with Crippen molar-refractivity contribution in [1.29, 1.82) is 5.26 Å². The van der Waals surface area contributed by atoms with Crippen LogP contribution in [0.4, 0.5) is 10.1 Å². The molecule has 0 bridgehead atoms. The molecule has 3 rings (SSSR count). The van der Waals surface area contributed by atoms with Gasteiger partial charge in [0.15, 0.2) is 5.65 Å². The molecule has 20 heavy (non-hydrogen) atoms. The molecule has 5 nitrogen and oxygen atoms in total. The number of benzene rings is 1. The van der Waals surface area contributed by atoms with Crippen molar-refractivity contribution in [2.75, 3.05) is 5.32 Å². The number of aromatic nitrogens is 3. The lowest BCUT2D eigenvalue weighted by Gasteiger charge is -2.09. The van der Waals surface area contributed by atoms with Crippen LogP contribution in [0, 0.1) is 17.1 Å². The number of anilines is 1. The average Bonchev–Trinajstić information content (AvgIpc) is 2.95. The normalized spacial score (nSPS) is 10.4. The summed E-state index contributed by atoms with van der Waals surface area (Å²) < 4.78 is 15.4. The van der Waals surface area contributed by atoms with Crippen LogP contribution in [0.5, 0.6) is 0 Å². The van der Waals surface area contributed by atoms with Gasteiger partial charge in [-0.15, -0.1) is 0 Å². The van der Waals surface area contributed by atoms with Gasteiger partial charge in [-0.05, 0) is 24.3 Å². The molecule has 2 aromatic heterocycles. The van der Waals surface area contributed by atoms with Gasteiger partial charge in [-0.2, -0.15) is 10.4 Å². The molecule has 0 spiro atoms. The Hall–Kier alpha value is -2.94. The van der Waals surface area contributed by atoms with Gasteiger partial charge in [0.05, 0.1) is 35.8 Å². The molecule has 3 aromatic rings. The standard InChI is InChI=1S/C14H10FN5/c15-12-7-10(8-16)1-2-13(12)18-9-11-3-5-17-14-4-6-19-20(11)14/h1-7,18H,9H2. The molecule has 1 aromatic carbocycles. The first-order valence-corrected chi connectivity index (χ1v) is 5.99. The van der Waals surface area contributed by atoms with Crippen molar-refractivity contribution in [3.8, 4) is 6.07 Å². The summed E-state index contributed by atoms with van der Waals surface area (Å²) in [5.41, 5.74) is 2.25. The fraction of sp³-hybridized carbons (Fsp3) is 0.0714. The van der Waals surface area contributed by atoms with E-state index in [9.17, 15) is 4.39 Å². The Kier molecular flexibility index (Phi) is 3.01. The highest BCUT2D eigenvalue weighted by Crippen LogP contribution is 2.16. The van der Waals surface area contributed by atoms with Gasteiger partial charge in [0, 0.05) is 12.3 Å². The molecule has 0 saturated heterocycles. The van der Waals surface area contributed by atoms with Gasteiger partial charge in [0.1, 0.15) is 5.82 Å². The fourth-order valence-corrected chi connectivity index (χ4v) is 1.93. The zero-order valence-electron chi connectivity index (χ0n) is 10.4. The summed E-state index contributed by atoms with van der Waals surface area (Å²) in [6.45, 7) is 0.406. The molecule has 2 heterocycles. The van der Waals surface area contributed by atoms with Crippen molar-refractivity contribution in [3.05, 3.63) is 59.8 Å². The van der Waals surface area contributed by atoms with E-state index in [-0.39, 0.29) is 0 Å². The second kappa shape index (κ2) is 4.97. The van der Waals surface area contributed by atoms with Crippen LogP contribution in [0.3, 0.4) is 0 Å². The molecular formula is C14H10FN5. The van der Waals surface area contributed by atoms with Crippen molar-refractivity contribution >= 4 is 11.3 Å². The molecule has 0 radical (unpaired) electrons. The number of halogens is 1. The average molecular weight is 267 g/mol. The number of nitrogens with one attached hydrogen (secondary N) is 1. The van der Waals surface area contributed by atoms with Crippen LogP contribution in [0.2, 0.25) is 0 Å². The second-order valence-electron chi connectivity index (χ2n) is 4.20. The molecular weight excluding hydrogens is 257 g/mol. The van der Waals surface area contributed by atoms with Crippen molar-refractivity contribution in [1.82, 2.24) is 14.6 Å². The molecule has 0 saturated carbocycles. The van der Waals surface area contributed by atoms with Crippen LogP contribution < -0.4 is 5.32 Å². The lowest BCUT2D eigenvalue weighted by molar-refractivity contribution is 0.629.